The normalized spacial score (nSPS) is 10.4. The Labute approximate surface area is 116 Å². The Hall–Kier alpha value is -1.35. The smallest absolute Gasteiger partial charge is 0.220 e. The van der Waals surface area contributed by atoms with Crippen LogP contribution in [-0.4, -0.2) is 19.0 Å². The van der Waals surface area contributed by atoms with Crippen molar-refractivity contribution in [3.8, 4) is 0 Å². The maximum absolute atomic E-state index is 11.6. The van der Waals surface area contributed by atoms with Gasteiger partial charge in [0.05, 0.1) is 0 Å². The molecule has 0 unspecified atom stereocenters. The number of nitrogens with one attached hydrogen (secondary N) is 1. The second-order valence-electron chi connectivity index (χ2n) is 4.89. The second kappa shape index (κ2) is 10.6. The van der Waals surface area contributed by atoms with E-state index >= 15 is 0 Å². The first-order valence-electron chi connectivity index (χ1n) is 7.33. The summed E-state index contributed by atoms with van der Waals surface area (Å²) in [6.45, 7) is 1.57. The number of carbonyl (C=O) groups is 1. The molecule has 0 aliphatic heterocycles. The minimum absolute atomic E-state index is 0.176. The summed E-state index contributed by atoms with van der Waals surface area (Å²) in [6, 6.07) is 10.3. The first kappa shape index (κ1) is 15.7. The summed E-state index contributed by atoms with van der Waals surface area (Å²) in [5.74, 6) is 0.176. The van der Waals surface area contributed by atoms with Gasteiger partial charge in [-0.25, -0.2) is 0 Å². The molecule has 19 heavy (non-hydrogen) atoms. The quantitative estimate of drug-likeness (QED) is 0.637. The molecule has 0 heterocycles. The van der Waals surface area contributed by atoms with Crippen LogP contribution in [0.1, 0.15) is 44.1 Å². The number of benzene rings is 1. The van der Waals surface area contributed by atoms with E-state index in [1.807, 2.05) is 18.2 Å². The molecule has 1 amide bonds. The number of hydrogen-bond donors (Lipinski definition) is 2. The van der Waals surface area contributed by atoms with E-state index in [1.165, 1.54) is 12.0 Å². The van der Waals surface area contributed by atoms with Gasteiger partial charge in [-0.05, 0) is 37.8 Å². The maximum Gasteiger partial charge on any atom is 0.220 e. The van der Waals surface area contributed by atoms with Crippen LogP contribution in [-0.2, 0) is 11.2 Å². The predicted octanol–water partition coefficient (Wildman–Crippen LogP) is 2.64. The summed E-state index contributed by atoms with van der Waals surface area (Å²) in [7, 11) is 0. The number of amides is 1. The second-order valence-corrected chi connectivity index (χ2v) is 4.89. The van der Waals surface area contributed by atoms with Crippen LogP contribution in [0.2, 0.25) is 0 Å². The Balaban J connectivity index is 1.96. The average Bonchev–Trinajstić information content (AvgIpc) is 2.44. The molecule has 0 aliphatic carbocycles. The minimum atomic E-state index is 0.176. The molecular weight excluding hydrogens is 236 g/mol. The van der Waals surface area contributed by atoms with Crippen molar-refractivity contribution < 1.29 is 4.79 Å². The largest absolute Gasteiger partial charge is 0.356 e. The van der Waals surface area contributed by atoms with Crippen LogP contribution in [0, 0.1) is 0 Å². The Morgan fingerprint density at radius 1 is 1.00 bits per heavy atom. The highest BCUT2D eigenvalue weighted by atomic mass is 16.1. The lowest BCUT2D eigenvalue weighted by Crippen LogP contribution is -2.24. The number of nitrogens with two attached hydrogens (primary N) is 1. The first-order chi connectivity index (χ1) is 9.33. The van der Waals surface area contributed by atoms with Crippen molar-refractivity contribution in [3.05, 3.63) is 35.9 Å². The van der Waals surface area contributed by atoms with Crippen LogP contribution in [0.5, 0.6) is 0 Å². The lowest BCUT2D eigenvalue weighted by Gasteiger charge is -2.05. The minimum Gasteiger partial charge on any atom is -0.356 e. The van der Waals surface area contributed by atoms with Gasteiger partial charge < -0.3 is 11.1 Å². The molecule has 0 fully saturated rings. The zero-order valence-corrected chi connectivity index (χ0v) is 11.7. The summed E-state index contributed by atoms with van der Waals surface area (Å²) in [4.78, 5) is 11.6. The van der Waals surface area contributed by atoms with E-state index in [-0.39, 0.29) is 5.91 Å². The van der Waals surface area contributed by atoms with Crippen molar-refractivity contribution in [2.24, 2.45) is 5.73 Å². The Morgan fingerprint density at radius 2 is 1.74 bits per heavy atom. The number of aryl methyl sites for hydroxylation is 1. The molecular formula is C16H26N2O. The van der Waals surface area contributed by atoms with Gasteiger partial charge in [-0.1, -0.05) is 43.2 Å². The fourth-order valence-electron chi connectivity index (χ4n) is 2.04. The molecule has 3 heteroatoms. The molecule has 3 nitrogen and oxygen atoms in total. The molecule has 1 rings (SSSR count). The molecule has 3 N–H and O–H groups in total. The summed E-state index contributed by atoms with van der Waals surface area (Å²) in [5.41, 5.74) is 6.73. The van der Waals surface area contributed by atoms with Crippen molar-refractivity contribution in [2.75, 3.05) is 13.1 Å². The van der Waals surface area contributed by atoms with Crippen molar-refractivity contribution in [1.82, 2.24) is 5.32 Å². The van der Waals surface area contributed by atoms with E-state index in [4.69, 9.17) is 5.73 Å². The van der Waals surface area contributed by atoms with Gasteiger partial charge in [0.1, 0.15) is 0 Å². The lowest BCUT2D eigenvalue weighted by molar-refractivity contribution is -0.121. The van der Waals surface area contributed by atoms with Gasteiger partial charge in [0.25, 0.3) is 0 Å². The third-order valence-corrected chi connectivity index (χ3v) is 3.17. The van der Waals surface area contributed by atoms with Crippen molar-refractivity contribution in [1.29, 1.82) is 0 Å². The Morgan fingerprint density at radius 3 is 2.47 bits per heavy atom. The zero-order chi connectivity index (χ0) is 13.8. The molecule has 0 saturated heterocycles. The van der Waals surface area contributed by atoms with Gasteiger partial charge in [-0.2, -0.15) is 0 Å². The summed E-state index contributed by atoms with van der Waals surface area (Å²) < 4.78 is 0. The highest BCUT2D eigenvalue weighted by Gasteiger charge is 2.00. The highest BCUT2D eigenvalue weighted by molar-refractivity contribution is 5.75. The fourth-order valence-corrected chi connectivity index (χ4v) is 2.04. The van der Waals surface area contributed by atoms with E-state index in [9.17, 15) is 4.79 Å². The maximum atomic E-state index is 11.6. The van der Waals surface area contributed by atoms with Gasteiger partial charge in [-0.3, -0.25) is 4.79 Å². The van der Waals surface area contributed by atoms with E-state index in [0.29, 0.717) is 6.42 Å². The van der Waals surface area contributed by atoms with E-state index in [2.05, 4.69) is 17.4 Å². The summed E-state index contributed by atoms with van der Waals surface area (Å²) >= 11 is 0. The third-order valence-electron chi connectivity index (χ3n) is 3.17. The van der Waals surface area contributed by atoms with E-state index in [0.717, 1.165) is 45.2 Å². The van der Waals surface area contributed by atoms with Crippen molar-refractivity contribution in [2.45, 2.75) is 44.9 Å². The van der Waals surface area contributed by atoms with Crippen LogP contribution in [0.15, 0.2) is 30.3 Å². The molecule has 0 saturated carbocycles. The van der Waals surface area contributed by atoms with Crippen LogP contribution < -0.4 is 11.1 Å². The highest BCUT2D eigenvalue weighted by Crippen LogP contribution is 2.04. The van der Waals surface area contributed by atoms with Gasteiger partial charge in [0.2, 0.25) is 5.91 Å². The van der Waals surface area contributed by atoms with Crippen LogP contribution in [0.3, 0.4) is 0 Å². The van der Waals surface area contributed by atoms with E-state index in [1.54, 1.807) is 0 Å². The standard InChI is InChI=1S/C16H26N2O/c17-13-6-1-2-7-14-18-16(19)12-8-11-15-9-4-3-5-10-15/h3-5,9-10H,1-2,6-8,11-14,17H2,(H,18,19). The first-order valence-corrected chi connectivity index (χ1v) is 7.33. The molecule has 0 radical (unpaired) electrons. The Bertz CT molecular complexity index is 338. The SMILES string of the molecule is NCCCCCCNC(=O)CCCc1ccccc1. The van der Waals surface area contributed by atoms with Crippen LogP contribution in [0.4, 0.5) is 0 Å². The Kier molecular flexibility index (Phi) is 8.73. The molecule has 1 aromatic carbocycles. The van der Waals surface area contributed by atoms with Crippen LogP contribution >= 0.6 is 0 Å². The monoisotopic (exact) mass is 262 g/mol. The molecule has 1 aromatic rings. The van der Waals surface area contributed by atoms with Gasteiger partial charge in [0, 0.05) is 13.0 Å². The molecule has 0 aromatic heterocycles. The van der Waals surface area contributed by atoms with Crippen molar-refractivity contribution >= 4 is 5.91 Å². The predicted molar refractivity (Wildman–Crippen MR) is 79.9 cm³/mol. The van der Waals surface area contributed by atoms with Crippen molar-refractivity contribution in [3.63, 3.8) is 0 Å². The number of rotatable bonds is 10. The molecule has 0 atom stereocenters. The topological polar surface area (TPSA) is 55.1 Å². The van der Waals surface area contributed by atoms with Gasteiger partial charge in [0.15, 0.2) is 0 Å². The molecule has 0 bridgehead atoms. The average molecular weight is 262 g/mol. The lowest BCUT2D eigenvalue weighted by atomic mass is 10.1. The molecule has 0 aliphatic rings. The number of carbonyl (C=O) groups excluding carboxylic acids is 1. The molecule has 106 valence electrons. The number of hydrogen-bond acceptors (Lipinski definition) is 2. The zero-order valence-electron chi connectivity index (χ0n) is 11.7. The van der Waals surface area contributed by atoms with Gasteiger partial charge in [-0.15, -0.1) is 0 Å². The summed E-state index contributed by atoms with van der Waals surface area (Å²) in [5, 5.41) is 2.98. The number of unbranched alkanes of at least 4 members (excludes halogenated alkanes) is 3. The van der Waals surface area contributed by atoms with Crippen LogP contribution in [0.25, 0.3) is 0 Å². The fraction of sp³-hybridized carbons (Fsp3) is 0.562. The third kappa shape index (κ3) is 8.38. The molecule has 0 spiro atoms. The summed E-state index contributed by atoms with van der Waals surface area (Å²) in [6.07, 6.45) is 6.99. The van der Waals surface area contributed by atoms with E-state index < -0.39 is 0 Å². The van der Waals surface area contributed by atoms with Gasteiger partial charge >= 0.3 is 0 Å².